The van der Waals surface area contributed by atoms with Crippen molar-refractivity contribution in [3.63, 3.8) is 0 Å². The van der Waals surface area contributed by atoms with Crippen LogP contribution in [0.3, 0.4) is 0 Å². The van der Waals surface area contributed by atoms with Gasteiger partial charge in [0.1, 0.15) is 0 Å². The van der Waals surface area contributed by atoms with Gasteiger partial charge < -0.3 is 4.98 Å². The summed E-state index contributed by atoms with van der Waals surface area (Å²) >= 11 is 3.28. The molecular weight excluding hydrogens is 208 g/mol. The predicted molar refractivity (Wildman–Crippen MR) is 45.7 cm³/mol. The summed E-state index contributed by atoms with van der Waals surface area (Å²) in [5.41, 5.74) is 0.763. The first-order valence-corrected chi connectivity index (χ1v) is 3.92. The highest BCUT2D eigenvalue weighted by atomic mass is 79.9. The van der Waals surface area contributed by atoms with Crippen molar-refractivity contribution in [1.29, 1.82) is 0 Å². The molecule has 56 valence electrons. The van der Waals surface area contributed by atoms with Gasteiger partial charge in [0.2, 0.25) is 0 Å². The summed E-state index contributed by atoms with van der Waals surface area (Å²) in [4.78, 5) is 13.6. The van der Waals surface area contributed by atoms with Crippen molar-refractivity contribution in [2.75, 3.05) is 0 Å². The molecule has 2 heterocycles. The molecular formula is C7H5BrN2O. The standard InChI is InChI=1S/C7H5BrN2O/c8-5-1-2-6-3-9-7(11)10(6)4-5/h1-4H,(H,9,11). The van der Waals surface area contributed by atoms with E-state index < -0.39 is 0 Å². The van der Waals surface area contributed by atoms with Gasteiger partial charge >= 0.3 is 5.69 Å². The zero-order valence-corrected chi connectivity index (χ0v) is 7.13. The Morgan fingerprint density at radius 2 is 2.27 bits per heavy atom. The van der Waals surface area contributed by atoms with E-state index in [1.54, 1.807) is 16.8 Å². The van der Waals surface area contributed by atoms with Crippen molar-refractivity contribution in [2.24, 2.45) is 0 Å². The van der Waals surface area contributed by atoms with Crippen molar-refractivity contribution < 1.29 is 0 Å². The lowest BCUT2D eigenvalue weighted by molar-refractivity contribution is 1.06. The molecule has 2 aromatic heterocycles. The number of imidazole rings is 1. The van der Waals surface area contributed by atoms with Gasteiger partial charge in [0.25, 0.3) is 0 Å². The highest BCUT2D eigenvalue weighted by molar-refractivity contribution is 9.10. The van der Waals surface area contributed by atoms with Gasteiger partial charge in [-0.1, -0.05) is 0 Å². The molecule has 0 bridgehead atoms. The van der Waals surface area contributed by atoms with Gasteiger partial charge in [-0.05, 0) is 28.1 Å². The monoisotopic (exact) mass is 212 g/mol. The minimum atomic E-state index is -0.110. The smallest absolute Gasteiger partial charge is 0.312 e. The fraction of sp³-hybridized carbons (Fsp3) is 0. The maximum Gasteiger partial charge on any atom is 0.330 e. The first-order chi connectivity index (χ1) is 5.27. The molecule has 4 heteroatoms. The van der Waals surface area contributed by atoms with Crippen molar-refractivity contribution in [2.45, 2.75) is 0 Å². The molecule has 0 atom stereocenters. The maximum atomic E-state index is 11.0. The zero-order valence-electron chi connectivity index (χ0n) is 5.54. The average molecular weight is 213 g/mol. The van der Waals surface area contributed by atoms with Crippen LogP contribution in [0.5, 0.6) is 0 Å². The molecule has 0 saturated heterocycles. The summed E-state index contributed by atoms with van der Waals surface area (Å²) < 4.78 is 2.44. The number of nitrogens with zero attached hydrogens (tertiary/aromatic N) is 1. The highest BCUT2D eigenvalue weighted by Gasteiger charge is 1.95. The maximum absolute atomic E-state index is 11.0. The zero-order chi connectivity index (χ0) is 7.84. The molecule has 0 aliphatic heterocycles. The van der Waals surface area contributed by atoms with E-state index in [0.29, 0.717) is 0 Å². The SMILES string of the molecule is O=c1[nH]cc2ccc(Br)cn12. The van der Waals surface area contributed by atoms with E-state index in [1.165, 1.54) is 0 Å². The summed E-state index contributed by atoms with van der Waals surface area (Å²) in [6.45, 7) is 0. The van der Waals surface area contributed by atoms with E-state index in [4.69, 9.17) is 0 Å². The van der Waals surface area contributed by atoms with E-state index in [-0.39, 0.29) is 5.69 Å². The molecule has 2 rings (SSSR count). The Labute approximate surface area is 70.8 Å². The second-order valence-corrected chi connectivity index (χ2v) is 3.15. The number of aromatic nitrogens is 2. The molecule has 2 aromatic rings. The van der Waals surface area contributed by atoms with Crippen LogP contribution in [-0.2, 0) is 0 Å². The molecule has 0 aromatic carbocycles. The fourth-order valence-electron chi connectivity index (χ4n) is 0.985. The molecule has 0 aliphatic rings. The molecule has 0 radical (unpaired) electrons. The van der Waals surface area contributed by atoms with E-state index in [0.717, 1.165) is 9.99 Å². The van der Waals surface area contributed by atoms with Gasteiger partial charge in [-0.25, -0.2) is 4.79 Å². The van der Waals surface area contributed by atoms with Crippen LogP contribution in [-0.4, -0.2) is 9.38 Å². The summed E-state index contributed by atoms with van der Waals surface area (Å²) in [6.07, 6.45) is 3.41. The molecule has 0 amide bonds. The van der Waals surface area contributed by atoms with Crippen LogP contribution in [0.2, 0.25) is 0 Å². The quantitative estimate of drug-likeness (QED) is 0.705. The lowest BCUT2D eigenvalue weighted by Crippen LogP contribution is -2.08. The minimum absolute atomic E-state index is 0.110. The largest absolute Gasteiger partial charge is 0.330 e. The molecule has 11 heavy (non-hydrogen) atoms. The third-order valence-electron chi connectivity index (χ3n) is 1.51. The Kier molecular flexibility index (Phi) is 1.35. The van der Waals surface area contributed by atoms with Gasteiger partial charge in [0.15, 0.2) is 0 Å². The van der Waals surface area contributed by atoms with Crippen molar-refractivity contribution in [3.05, 3.63) is 39.5 Å². The van der Waals surface area contributed by atoms with E-state index in [9.17, 15) is 4.79 Å². The molecule has 0 unspecified atom stereocenters. The van der Waals surface area contributed by atoms with E-state index >= 15 is 0 Å². The molecule has 0 spiro atoms. The molecule has 1 N–H and O–H groups in total. The second-order valence-electron chi connectivity index (χ2n) is 2.24. The summed E-state index contributed by atoms with van der Waals surface area (Å²) in [5, 5.41) is 0. The normalized spacial score (nSPS) is 10.6. The van der Waals surface area contributed by atoms with Gasteiger partial charge in [-0.2, -0.15) is 0 Å². The number of hydrogen-bond acceptors (Lipinski definition) is 1. The molecule has 3 nitrogen and oxygen atoms in total. The van der Waals surface area contributed by atoms with Crippen LogP contribution in [0, 0.1) is 0 Å². The van der Waals surface area contributed by atoms with Crippen molar-refractivity contribution in [1.82, 2.24) is 9.38 Å². The molecule has 0 fully saturated rings. The summed E-state index contributed by atoms with van der Waals surface area (Å²) in [7, 11) is 0. The number of aromatic amines is 1. The molecule has 0 aliphatic carbocycles. The number of nitrogens with one attached hydrogen (secondary N) is 1. The molecule has 0 saturated carbocycles. The van der Waals surface area contributed by atoms with Crippen LogP contribution >= 0.6 is 15.9 Å². The van der Waals surface area contributed by atoms with Crippen molar-refractivity contribution in [3.8, 4) is 0 Å². The van der Waals surface area contributed by atoms with Crippen LogP contribution in [0.1, 0.15) is 0 Å². The predicted octanol–water partition coefficient (Wildman–Crippen LogP) is 1.39. The Morgan fingerprint density at radius 3 is 3.09 bits per heavy atom. The number of halogens is 1. The number of H-pyrrole nitrogens is 1. The third kappa shape index (κ3) is 0.991. The topological polar surface area (TPSA) is 37.3 Å². The van der Waals surface area contributed by atoms with Crippen LogP contribution < -0.4 is 5.69 Å². The average Bonchev–Trinajstić information content (AvgIpc) is 2.33. The van der Waals surface area contributed by atoms with Crippen LogP contribution in [0.4, 0.5) is 0 Å². The first kappa shape index (κ1) is 6.67. The number of hydrogen-bond donors (Lipinski definition) is 1. The summed E-state index contributed by atoms with van der Waals surface area (Å²) in [5.74, 6) is 0. The first-order valence-electron chi connectivity index (χ1n) is 3.13. The van der Waals surface area contributed by atoms with E-state index in [2.05, 4.69) is 20.9 Å². The lowest BCUT2D eigenvalue weighted by atomic mass is 10.4. The van der Waals surface area contributed by atoms with Crippen LogP contribution in [0.15, 0.2) is 33.8 Å². The number of rotatable bonds is 0. The third-order valence-corrected chi connectivity index (χ3v) is 1.98. The second kappa shape index (κ2) is 2.23. The van der Waals surface area contributed by atoms with Crippen LogP contribution in [0.25, 0.3) is 5.52 Å². The lowest BCUT2D eigenvalue weighted by Gasteiger charge is -1.91. The van der Waals surface area contributed by atoms with Gasteiger partial charge in [-0.15, -0.1) is 0 Å². The van der Waals surface area contributed by atoms with E-state index in [1.807, 2.05) is 12.1 Å². The Balaban J connectivity index is 2.99. The van der Waals surface area contributed by atoms with Crippen molar-refractivity contribution >= 4 is 21.4 Å². The number of fused-ring (bicyclic) bond motifs is 1. The summed E-state index contributed by atoms with van der Waals surface area (Å²) in [6, 6.07) is 3.75. The highest BCUT2D eigenvalue weighted by Crippen LogP contribution is 2.09. The van der Waals surface area contributed by atoms with Gasteiger partial charge in [-0.3, -0.25) is 4.40 Å². The minimum Gasteiger partial charge on any atom is -0.312 e. The van der Waals surface area contributed by atoms with Gasteiger partial charge in [0, 0.05) is 16.9 Å². The fourth-order valence-corrected chi connectivity index (χ4v) is 1.32. The Hall–Kier alpha value is -1.03. The Morgan fingerprint density at radius 1 is 1.45 bits per heavy atom. The Bertz CT molecular complexity index is 443. The van der Waals surface area contributed by atoms with Gasteiger partial charge in [0.05, 0.1) is 5.52 Å². The number of pyridine rings is 1.